The lowest BCUT2D eigenvalue weighted by Crippen LogP contribution is -2.49. The topological polar surface area (TPSA) is 76.7 Å². The van der Waals surface area contributed by atoms with Crippen LogP contribution in [0.3, 0.4) is 0 Å². The number of carbonyl (C=O) groups excluding carboxylic acids is 1. The monoisotopic (exact) mass is 472 g/mol. The van der Waals surface area contributed by atoms with Crippen molar-refractivity contribution in [2.24, 2.45) is 5.92 Å². The number of H-pyrrole nitrogens is 1. The Morgan fingerprint density at radius 2 is 1.61 bits per heavy atom. The fourth-order valence-corrected chi connectivity index (χ4v) is 6.93. The third kappa shape index (κ3) is 4.55. The molecule has 1 aromatic heterocycles. The van der Waals surface area contributed by atoms with Crippen molar-refractivity contribution in [2.75, 3.05) is 44.2 Å². The highest BCUT2D eigenvalue weighted by atomic mass is 32.2. The van der Waals surface area contributed by atoms with E-state index in [2.05, 4.69) is 48.9 Å². The van der Waals surface area contributed by atoms with E-state index in [0.29, 0.717) is 49.0 Å². The highest BCUT2D eigenvalue weighted by Gasteiger charge is 2.34. The normalized spacial score (nSPS) is 18.7. The Morgan fingerprint density at radius 1 is 0.970 bits per heavy atom. The van der Waals surface area contributed by atoms with Crippen LogP contribution in [-0.4, -0.2) is 67.8 Å². The van der Waals surface area contributed by atoms with Gasteiger partial charge in [-0.15, -0.1) is 0 Å². The number of aromatic nitrogens is 1. The van der Waals surface area contributed by atoms with E-state index < -0.39 is 10.0 Å². The van der Waals surface area contributed by atoms with Gasteiger partial charge in [-0.3, -0.25) is 4.79 Å². The summed E-state index contributed by atoms with van der Waals surface area (Å²) in [6, 6.07) is 6.45. The number of hydrogen-bond donors (Lipinski definition) is 1. The van der Waals surface area contributed by atoms with Crippen molar-refractivity contribution in [3.05, 3.63) is 46.3 Å². The number of piperazine rings is 1. The summed E-state index contributed by atoms with van der Waals surface area (Å²) >= 11 is 0. The van der Waals surface area contributed by atoms with E-state index in [-0.39, 0.29) is 10.8 Å². The summed E-state index contributed by atoms with van der Waals surface area (Å²) < 4.78 is 28.3. The maximum Gasteiger partial charge on any atom is 0.270 e. The van der Waals surface area contributed by atoms with Crippen molar-refractivity contribution < 1.29 is 13.2 Å². The van der Waals surface area contributed by atoms with Crippen LogP contribution in [0.2, 0.25) is 0 Å². The van der Waals surface area contributed by atoms with E-state index in [1.54, 1.807) is 18.2 Å². The van der Waals surface area contributed by atoms with Crippen LogP contribution in [-0.2, 0) is 10.0 Å². The molecule has 2 saturated heterocycles. The minimum Gasteiger partial charge on any atom is -0.368 e. The van der Waals surface area contributed by atoms with Crippen LogP contribution in [0.5, 0.6) is 0 Å². The van der Waals surface area contributed by atoms with E-state index in [1.165, 1.54) is 16.8 Å². The van der Waals surface area contributed by atoms with Gasteiger partial charge in [0.05, 0.1) is 0 Å². The molecule has 1 aromatic carbocycles. The van der Waals surface area contributed by atoms with Crippen LogP contribution in [0, 0.1) is 33.6 Å². The Kier molecular flexibility index (Phi) is 6.60. The number of piperidine rings is 1. The number of sulfonamides is 1. The molecule has 0 atom stereocenters. The smallest absolute Gasteiger partial charge is 0.270 e. The van der Waals surface area contributed by atoms with Gasteiger partial charge in [-0.25, -0.2) is 8.42 Å². The number of benzene rings is 1. The predicted octanol–water partition coefficient (Wildman–Crippen LogP) is 3.63. The van der Waals surface area contributed by atoms with E-state index in [1.807, 2.05) is 4.90 Å². The zero-order valence-electron chi connectivity index (χ0n) is 20.4. The summed E-state index contributed by atoms with van der Waals surface area (Å²) in [4.78, 5) is 20.9. The summed E-state index contributed by atoms with van der Waals surface area (Å²) in [7, 11) is -3.62. The van der Waals surface area contributed by atoms with Gasteiger partial charge in [0.25, 0.3) is 5.91 Å². The highest BCUT2D eigenvalue weighted by Crippen LogP contribution is 2.30. The van der Waals surface area contributed by atoms with E-state index in [9.17, 15) is 13.2 Å². The molecule has 2 aliphatic rings. The number of aromatic amines is 1. The van der Waals surface area contributed by atoms with Crippen molar-refractivity contribution in [2.45, 2.75) is 52.4 Å². The zero-order chi connectivity index (χ0) is 23.9. The molecule has 33 heavy (non-hydrogen) atoms. The molecule has 3 heterocycles. The summed E-state index contributed by atoms with van der Waals surface area (Å²) in [5.74, 6) is 0.425. The minimum atomic E-state index is -3.62. The fourth-order valence-electron chi connectivity index (χ4n) is 5.06. The van der Waals surface area contributed by atoms with Crippen LogP contribution in [0.4, 0.5) is 5.69 Å². The van der Waals surface area contributed by atoms with Crippen LogP contribution < -0.4 is 4.90 Å². The van der Waals surface area contributed by atoms with Crippen LogP contribution in [0.25, 0.3) is 0 Å². The molecule has 2 fully saturated rings. The average Bonchev–Trinajstić information content (AvgIpc) is 3.10. The summed E-state index contributed by atoms with van der Waals surface area (Å²) in [6.45, 7) is 13.7. The van der Waals surface area contributed by atoms with Crippen molar-refractivity contribution in [3.8, 4) is 0 Å². The van der Waals surface area contributed by atoms with Gasteiger partial charge in [0, 0.05) is 50.6 Å². The number of amides is 1. The first kappa shape index (κ1) is 23.8. The first-order chi connectivity index (χ1) is 15.6. The Hall–Kier alpha value is -2.32. The molecule has 180 valence electrons. The van der Waals surface area contributed by atoms with Crippen LogP contribution >= 0.6 is 0 Å². The Balaban J connectivity index is 1.50. The molecule has 0 spiro atoms. The van der Waals surface area contributed by atoms with Gasteiger partial charge in [0.2, 0.25) is 10.0 Å². The molecule has 0 aliphatic carbocycles. The number of aryl methyl sites for hydroxylation is 3. The molecule has 2 aliphatic heterocycles. The van der Waals surface area contributed by atoms with Gasteiger partial charge < -0.3 is 14.8 Å². The van der Waals surface area contributed by atoms with Gasteiger partial charge in [0.1, 0.15) is 10.6 Å². The molecule has 1 amide bonds. The molecule has 4 rings (SSSR count). The quantitative estimate of drug-likeness (QED) is 0.737. The fraction of sp³-hybridized carbons (Fsp3) is 0.560. The number of rotatable bonds is 4. The Morgan fingerprint density at radius 3 is 2.24 bits per heavy atom. The molecule has 7 nitrogen and oxygen atoms in total. The number of anilines is 1. The molecule has 0 bridgehead atoms. The molecular weight excluding hydrogens is 436 g/mol. The van der Waals surface area contributed by atoms with Gasteiger partial charge in [-0.2, -0.15) is 4.31 Å². The number of nitrogens with zero attached hydrogens (tertiary/aromatic N) is 3. The second-order valence-corrected chi connectivity index (χ2v) is 11.6. The lowest BCUT2D eigenvalue weighted by Gasteiger charge is -2.37. The highest BCUT2D eigenvalue weighted by molar-refractivity contribution is 7.89. The van der Waals surface area contributed by atoms with E-state index in [4.69, 9.17) is 0 Å². The lowest BCUT2D eigenvalue weighted by atomic mass is 10.0. The molecule has 0 saturated carbocycles. The lowest BCUT2D eigenvalue weighted by molar-refractivity contribution is 0.0740. The van der Waals surface area contributed by atoms with Crippen molar-refractivity contribution in [1.29, 1.82) is 0 Å². The molecule has 2 aromatic rings. The maximum atomic E-state index is 13.4. The summed E-state index contributed by atoms with van der Waals surface area (Å²) in [6.07, 6.45) is 1.75. The van der Waals surface area contributed by atoms with E-state index in [0.717, 1.165) is 25.9 Å². The zero-order valence-corrected chi connectivity index (χ0v) is 21.3. The SMILES string of the molecule is Cc1ccc(C)c(N2CCN(C(=O)c3[nH]c(C)c(S(=O)(=O)N4CCC(C)CC4)c3C)CC2)c1. The minimum absolute atomic E-state index is 0.120. The molecule has 8 heteroatoms. The Bertz CT molecular complexity index is 1140. The van der Waals surface area contributed by atoms with Crippen LogP contribution in [0.1, 0.15) is 52.6 Å². The van der Waals surface area contributed by atoms with Gasteiger partial charge in [-0.1, -0.05) is 19.1 Å². The van der Waals surface area contributed by atoms with E-state index >= 15 is 0 Å². The Labute approximate surface area is 197 Å². The number of nitrogens with one attached hydrogen (secondary N) is 1. The van der Waals surface area contributed by atoms with Crippen molar-refractivity contribution in [3.63, 3.8) is 0 Å². The second-order valence-electron chi connectivity index (χ2n) is 9.73. The van der Waals surface area contributed by atoms with Crippen molar-refractivity contribution >= 4 is 21.6 Å². The van der Waals surface area contributed by atoms with Gasteiger partial charge in [0.15, 0.2) is 0 Å². The van der Waals surface area contributed by atoms with Gasteiger partial charge in [-0.05, 0) is 69.2 Å². The molecule has 0 radical (unpaired) electrons. The average molecular weight is 473 g/mol. The third-order valence-corrected chi connectivity index (χ3v) is 9.37. The standard InChI is InChI=1S/C25H36N4O3S/c1-17-8-10-29(11-9-17)33(31,32)24-20(4)23(26-21(24)5)25(30)28-14-12-27(13-15-28)22-16-18(2)6-7-19(22)3/h6-7,16-17,26H,8-15H2,1-5H3. The van der Waals surface area contributed by atoms with Crippen molar-refractivity contribution in [1.82, 2.24) is 14.2 Å². The van der Waals surface area contributed by atoms with Gasteiger partial charge >= 0.3 is 0 Å². The first-order valence-corrected chi connectivity index (χ1v) is 13.3. The van der Waals surface area contributed by atoms with Crippen LogP contribution in [0.15, 0.2) is 23.1 Å². The third-order valence-electron chi connectivity index (χ3n) is 7.20. The largest absolute Gasteiger partial charge is 0.368 e. The predicted molar refractivity (Wildman–Crippen MR) is 131 cm³/mol. The first-order valence-electron chi connectivity index (χ1n) is 11.9. The summed E-state index contributed by atoms with van der Waals surface area (Å²) in [5.41, 5.74) is 5.16. The molecule has 1 N–H and O–H groups in total. The maximum absolute atomic E-state index is 13.4. The molecule has 0 unspecified atom stereocenters. The number of carbonyl (C=O) groups is 1. The summed E-state index contributed by atoms with van der Waals surface area (Å²) in [5, 5.41) is 0. The molecular formula is C25H36N4O3S. The second kappa shape index (κ2) is 9.14. The number of hydrogen-bond acceptors (Lipinski definition) is 4.